The summed E-state index contributed by atoms with van der Waals surface area (Å²) in [6.45, 7) is 5.25. The third-order valence-electron chi connectivity index (χ3n) is 6.28. The van der Waals surface area contributed by atoms with Crippen molar-refractivity contribution in [2.75, 3.05) is 12.3 Å². The molecule has 33 heavy (non-hydrogen) atoms. The van der Waals surface area contributed by atoms with Crippen molar-refractivity contribution in [2.45, 2.75) is 33.4 Å². The van der Waals surface area contributed by atoms with E-state index in [1.165, 1.54) is 0 Å². The summed E-state index contributed by atoms with van der Waals surface area (Å²) in [5.41, 5.74) is 10.9. The number of rotatable bonds is 3. The number of hydrogen-bond donors (Lipinski definition) is 2. The number of aryl methyl sites for hydroxylation is 2. The standard InChI is InChI=1S/C25H23ClN4O3/c1-13-9-17-21(10-14(13)2)33-23(27)19(22(17)31)12-30-8-7-20-18(11-30)25(32)29-24(28-20)15-3-5-16(26)6-4-15/h3-6,9-10H,7-8,11-12,27H2,1-2H3,(H,28,29,32). The molecule has 4 aromatic rings. The average Bonchev–Trinajstić information content (AvgIpc) is 2.79. The van der Waals surface area contributed by atoms with Gasteiger partial charge in [-0.05, 0) is 61.4 Å². The lowest BCUT2D eigenvalue weighted by atomic mass is 10.0. The number of aromatic amines is 1. The zero-order valence-electron chi connectivity index (χ0n) is 18.4. The Labute approximate surface area is 194 Å². The second-order valence-electron chi connectivity index (χ2n) is 8.51. The van der Waals surface area contributed by atoms with Crippen LogP contribution in [-0.2, 0) is 19.5 Å². The number of benzene rings is 2. The molecule has 0 fully saturated rings. The third kappa shape index (κ3) is 3.94. The number of fused-ring (bicyclic) bond motifs is 2. The van der Waals surface area contributed by atoms with Gasteiger partial charge < -0.3 is 15.1 Å². The number of halogens is 1. The molecule has 0 saturated carbocycles. The van der Waals surface area contributed by atoms with E-state index in [1.54, 1.807) is 12.1 Å². The molecule has 0 unspecified atom stereocenters. The van der Waals surface area contributed by atoms with Gasteiger partial charge in [-0.2, -0.15) is 0 Å². The van der Waals surface area contributed by atoms with Gasteiger partial charge in [-0.3, -0.25) is 14.5 Å². The second kappa shape index (κ2) is 8.17. The van der Waals surface area contributed by atoms with E-state index in [0.717, 1.165) is 22.4 Å². The molecule has 0 radical (unpaired) electrons. The maximum absolute atomic E-state index is 13.2. The first-order valence-corrected chi connectivity index (χ1v) is 11.1. The highest BCUT2D eigenvalue weighted by molar-refractivity contribution is 6.30. The molecule has 5 rings (SSSR count). The molecule has 0 bridgehead atoms. The van der Waals surface area contributed by atoms with Gasteiger partial charge >= 0.3 is 0 Å². The van der Waals surface area contributed by atoms with Gasteiger partial charge in [0, 0.05) is 36.6 Å². The van der Waals surface area contributed by atoms with E-state index in [9.17, 15) is 9.59 Å². The van der Waals surface area contributed by atoms with Gasteiger partial charge in [0.15, 0.2) is 11.3 Å². The van der Waals surface area contributed by atoms with Crippen LogP contribution in [0.1, 0.15) is 27.9 Å². The maximum Gasteiger partial charge on any atom is 0.255 e. The van der Waals surface area contributed by atoms with Gasteiger partial charge in [-0.1, -0.05) is 11.6 Å². The zero-order chi connectivity index (χ0) is 23.3. The van der Waals surface area contributed by atoms with Crippen LogP contribution in [0.3, 0.4) is 0 Å². The van der Waals surface area contributed by atoms with Crippen LogP contribution >= 0.6 is 11.6 Å². The molecule has 168 valence electrons. The SMILES string of the molecule is Cc1cc2oc(N)c(CN3CCc4nc(-c5ccc(Cl)cc5)[nH]c(=O)c4C3)c(=O)c2cc1C. The molecule has 3 heterocycles. The van der Waals surface area contributed by atoms with Crippen molar-refractivity contribution in [3.63, 3.8) is 0 Å². The molecule has 0 saturated heterocycles. The Morgan fingerprint density at radius 1 is 1.15 bits per heavy atom. The summed E-state index contributed by atoms with van der Waals surface area (Å²) in [6.07, 6.45) is 0.594. The predicted molar refractivity (Wildman–Crippen MR) is 129 cm³/mol. The van der Waals surface area contributed by atoms with Gasteiger partial charge in [0.2, 0.25) is 0 Å². The van der Waals surface area contributed by atoms with Gasteiger partial charge in [0.05, 0.1) is 22.2 Å². The molecule has 7 nitrogen and oxygen atoms in total. The third-order valence-corrected chi connectivity index (χ3v) is 6.53. The monoisotopic (exact) mass is 462 g/mol. The number of aromatic nitrogens is 2. The molecular formula is C25H23ClN4O3. The van der Waals surface area contributed by atoms with Crippen LogP contribution in [0.15, 0.2) is 50.4 Å². The minimum Gasteiger partial charge on any atom is -0.440 e. The normalized spacial score (nSPS) is 13.9. The molecule has 3 N–H and O–H groups in total. The summed E-state index contributed by atoms with van der Waals surface area (Å²) in [5.74, 6) is 0.639. The Kier molecular flexibility index (Phi) is 5.31. The second-order valence-corrected chi connectivity index (χ2v) is 8.95. The molecule has 8 heteroatoms. The van der Waals surface area contributed by atoms with Gasteiger partial charge in [0.1, 0.15) is 11.4 Å². The average molecular weight is 463 g/mol. The van der Waals surface area contributed by atoms with Crippen LogP contribution in [-0.4, -0.2) is 21.4 Å². The van der Waals surface area contributed by atoms with E-state index in [4.69, 9.17) is 21.8 Å². The Hall–Kier alpha value is -3.42. The van der Waals surface area contributed by atoms with Crippen molar-refractivity contribution >= 4 is 28.5 Å². The van der Waals surface area contributed by atoms with Crippen LogP contribution in [0.4, 0.5) is 5.88 Å². The number of H-pyrrole nitrogens is 1. The first kappa shape index (κ1) is 21.4. The van der Waals surface area contributed by atoms with Crippen molar-refractivity contribution in [2.24, 2.45) is 0 Å². The highest BCUT2D eigenvalue weighted by atomic mass is 35.5. The number of anilines is 1. The van der Waals surface area contributed by atoms with Crippen LogP contribution in [0.25, 0.3) is 22.4 Å². The molecule has 2 aromatic carbocycles. The van der Waals surface area contributed by atoms with Crippen molar-refractivity contribution in [1.82, 2.24) is 14.9 Å². The van der Waals surface area contributed by atoms with Gasteiger partial charge in [0.25, 0.3) is 5.56 Å². The number of nitrogen functional groups attached to an aromatic ring is 1. The highest BCUT2D eigenvalue weighted by Gasteiger charge is 2.24. The van der Waals surface area contributed by atoms with Gasteiger partial charge in [-0.15, -0.1) is 0 Å². The summed E-state index contributed by atoms with van der Waals surface area (Å²) in [4.78, 5) is 35.6. The Balaban J connectivity index is 1.45. The predicted octanol–water partition coefficient (Wildman–Crippen LogP) is 3.95. The number of nitrogens with zero attached hydrogens (tertiary/aromatic N) is 2. The molecule has 0 atom stereocenters. The van der Waals surface area contributed by atoms with Crippen LogP contribution in [0.5, 0.6) is 0 Å². The molecular weight excluding hydrogens is 440 g/mol. The quantitative estimate of drug-likeness (QED) is 0.477. The molecule has 2 aromatic heterocycles. The lowest BCUT2D eigenvalue weighted by molar-refractivity contribution is 0.240. The lowest BCUT2D eigenvalue weighted by Gasteiger charge is -2.27. The lowest BCUT2D eigenvalue weighted by Crippen LogP contribution is -2.36. The number of hydrogen-bond acceptors (Lipinski definition) is 6. The smallest absolute Gasteiger partial charge is 0.255 e. The van der Waals surface area contributed by atoms with Crippen molar-refractivity contribution in [3.8, 4) is 11.4 Å². The Morgan fingerprint density at radius 3 is 2.64 bits per heavy atom. The highest BCUT2D eigenvalue weighted by Crippen LogP contribution is 2.24. The summed E-state index contributed by atoms with van der Waals surface area (Å²) in [7, 11) is 0. The number of nitrogens with two attached hydrogens (primary N) is 1. The first-order valence-electron chi connectivity index (χ1n) is 10.7. The molecule has 1 aliphatic heterocycles. The molecule has 1 aliphatic rings. The van der Waals surface area contributed by atoms with Crippen molar-refractivity contribution in [3.05, 3.63) is 89.9 Å². The number of nitrogens with one attached hydrogen (secondary N) is 1. The fraction of sp³-hybridized carbons (Fsp3) is 0.240. The first-order chi connectivity index (χ1) is 15.8. The van der Waals surface area contributed by atoms with Crippen molar-refractivity contribution in [1.29, 1.82) is 0 Å². The summed E-state index contributed by atoms with van der Waals surface area (Å²) in [6, 6.07) is 10.9. The van der Waals surface area contributed by atoms with E-state index >= 15 is 0 Å². The van der Waals surface area contributed by atoms with E-state index < -0.39 is 0 Å². The fourth-order valence-electron chi connectivity index (χ4n) is 4.24. The van der Waals surface area contributed by atoms with E-state index in [1.807, 2.05) is 43.0 Å². The van der Waals surface area contributed by atoms with Gasteiger partial charge in [-0.25, -0.2) is 4.98 Å². The summed E-state index contributed by atoms with van der Waals surface area (Å²) < 4.78 is 5.78. The van der Waals surface area contributed by atoms with E-state index in [-0.39, 0.29) is 16.9 Å². The van der Waals surface area contributed by atoms with E-state index in [0.29, 0.717) is 59.0 Å². The minimum atomic E-state index is -0.181. The maximum atomic E-state index is 13.2. The summed E-state index contributed by atoms with van der Waals surface area (Å²) in [5, 5.41) is 1.14. The molecule has 0 amide bonds. The largest absolute Gasteiger partial charge is 0.440 e. The Bertz CT molecular complexity index is 1510. The summed E-state index contributed by atoms with van der Waals surface area (Å²) >= 11 is 5.96. The fourth-order valence-corrected chi connectivity index (χ4v) is 4.37. The van der Waals surface area contributed by atoms with Crippen molar-refractivity contribution < 1.29 is 4.42 Å². The zero-order valence-corrected chi connectivity index (χ0v) is 19.1. The molecule has 0 aliphatic carbocycles. The van der Waals surface area contributed by atoms with E-state index in [2.05, 4.69) is 9.97 Å². The van der Waals surface area contributed by atoms with Crippen LogP contribution in [0, 0.1) is 13.8 Å². The topological polar surface area (TPSA) is 105 Å². The minimum absolute atomic E-state index is 0.117. The van der Waals surface area contributed by atoms with Crippen LogP contribution in [0.2, 0.25) is 5.02 Å². The molecule has 0 spiro atoms. The Morgan fingerprint density at radius 2 is 1.88 bits per heavy atom. The van der Waals surface area contributed by atoms with Crippen LogP contribution < -0.4 is 16.7 Å².